The zero-order valence-corrected chi connectivity index (χ0v) is 6.05. The molecule has 1 rings (SSSR count). The molecule has 0 unspecified atom stereocenters. The van der Waals surface area contributed by atoms with Crippen LogP contribution in [0.15, 0.2) is 6.20 Å². The Morgan fingerprint density at radius 2 is 2.55 bits per heavy atom. The molecular weight excluding hydrogens is 146 g/mol. The number of hydrogen-bond acceptors (Lipinski definition) is 2. The van der Waals surface area contributed by atoms with E-state index in [1.54, 1.807) is 6.92 Å². The molecule has 0 aliphatic heterocycles. The van der Waals surface area contributed by atoms with Gasteiger partial charge in [0.25, 0.3) is 5.91 Å². The van der Waals surface area contributed by atoms with Crippen LogP contribution in [0, 0.1) is 0 Å². The SMILES string of the molecule is CCNC(=O)c1c[nH]c([O])n1. The number of aromatic nitrogens is 2. The van der Waals surface area contributed by atoms with Gasteiger partial charge in [0.15, 0.2) is 0 Å². The molecule has 1 heterocycles. The minimum Gasteiger partial charge on any atom is -0.351 e. The third-order valence-electron chi connectivity index (χ3n) is 1.12. The zero-order valence-electron chi connectivity index (χ0n) is 6.05. The fraction of sp³-hybridized carbons (Fsp3) is 0.333. The van der Waals surface area contributed by atoms with Gasteiger partial charge in [-0.25, -0.2) is 5.11 Å². The van der Waals surface area contributed by atoms with Crippen molar-refractivity contribution in [3.63, 3.8) is 0 Å². The predicted octanol–water partition coefficient (Wildman–Crippen LogP) is 0.303. The number of carbonyl (C=O) groups is 1. The summed E-state index contributed by atoms with van der Waals surface area (Å²) in [6.07, 6.45) is 1.29. The normalized spacial score (nSPS) is 9.55. The third kappa shape index (κ3) is 1.70. The molecular formula is C6H8N3O2. The molecule has 0 aliphatic rings. The van der Waals surface area contributed by atoms with Crippen molar-refractivity contribution in [3.8, 4) is 6.01 Å². The molecule has 0 bridgehead atoms. The largest absolute Gasteiger partial charge is 0.351 e. The van der Waals surface area contributed by atoms with Crippen molar-refractivity contribution in [2.45, 2.75) is 6.92 Å². The molecule has 0 spiro atoms. The number of amides is 1. The molecule has 0 atom stereocenters. The Morgan fingerprint density at radius 1 is 1.82 bits per heavy atom. The van der Waals surface area contributed by atoms with E-state index in [0.29, 0.717) is 6.54 Å². The Balaban J connectivity index is 2.69. The first-order valence-corrected chi connectivity index (χ1v) is 3.24. The summed E-state index contributed by atoms with van der Waals surface area (Å²) in [5, 5.41) is 13.0. The van der Waals surface area contributed by atoms with Crippen LogP contribution in [0.4, 0.5) is 0 Å². The molecule has 59 valence electrons. The molecule has 1 aromatic heterocycles. The maximum atomic E-state index is 10.9. The van der Waals surface area contributed by atoms with E-state index in [-0.39, 0.29) is 11.6 Å². The minimum absolute atomic E-state index is 0.136. The van der Waals surface area contributed by atoms with Crippen LogP contribution in [0.25, 0.3) is 0 Å². The predicted molar refractivity (Wildman–Crippen MR) is 36.7 cm³/mol. The average molecular weight is 154 g/mol. The summed E-state index contributed by atoms with van der Waals surface area (Å²) in [7, 11) is 0. The second kappa shape index (κ2) is 3.05. The molecule has 11 heavy (non-hydrogen) atoms. The van der Waals surface area contributed by atoms with E-state index >= 15 is 0 Å². The van der Waals surface area contributed by atoms with Crippen LogP contribution in [0.5, 0.6) is 6.01 Å². The summed E-state index contributed by atoms with van der Waals surface area (Å²) in [6, 6.07) is -0.494. The maximum Gasteiger partial charge on any atom is 0.345 e. The summed E-state index contributed by atoms with van der Waals surface area (Å²) in [4.78, 5) is 16.6. The van der Waals surface area contributed by atoms with Crippen LogP contribution in [-0.4, -0.2) is 22.4 Å². The number of rotatable bonds is 2. The van der Waals surface area contributed by atoms with Crippen molar-refractivity contribution in [1.82, 2.24) is 15.3 Å². The van der Waals surface area contributed by atoms with Crippen LogP contribution in [0.3, 0.4) is 0 Å². The van der Waals surface area contributed by atoms with Gasteiger partial charge in [-0.3, -0.25) is 4.79 Å². The van der Waals surface area contributed by atoms with E-state index in [1.165, 1.54) is 6.20 Å². The first-order chi connectivity index (χ1) is 5.24. The molecule has 0 fully saturated rings. The van der Waals surface area contributed by atoms with E-state index in [1.807, 2.05) is 0 Å². The Morgan fingerprint density at radius 3 is 3.00 bits per heavy atom. The molecule has 0 aliphatic carbocycles. The van der Waals surface area contributed by atoms with Crippen molar-refractivity contribution in [3.05, 3.63) is 11.9 Å². The highest BCUT2D eigenvalue weighted by Crippen LogP contribution is 2.01. The second-order valence-corrected chi connectivity index (χ2v) is 1.95. The Hall–Kier alpha value is -1.52. The van der Waals surface area contributed by atoms with E-state index in [2.05, 4.69) is 15.3 Å². The number of aromatic amines is 1. The van der Waals surface area contributed by atoms with Crippen LogP contribution in [0.2, 0.25) is 0 Å². The van der Waals surface area contributed by atoms with Crippen LogP contribution in [0.1, 0.15) is 17.4 Å². The monoisotopic (exact) mass is 154 g/mol. The van der Waals surface area contributed by atoms with Crippen LogP contribution in [-0.2, 0) is 5.11 Å². The highest BCUT2D eigenvalue weighted by Gasteiger charge is 2.08. The summed E-state index contributed by atoms with van der Waals surface area (Å²) in [5.41, 5.74) is 0.136. The Bertz CT molecular complexity index is 256. The maximum absolute atomic E-state index is 10.9. The van der Waals surface area contributed by atoms with Crippen LogP contribution >= 0.6 is 0 Å². The lowest BCUT2D eigenvalue weighted by atomic mass is 10.4. The van der Waals surface area contributed by atoms with Gasteiger partial charge in [0.2, 0.25) is 0 Å². The molecule has 1 aromatic rings. The standard InChI is InChI=1S/C6H8N3O2/c1-2-7-5(10)4-3-8-6(11)9-4/h3H,2H2,1H3,(H,7,10)(H,8,9). The Kier molecular flexibility index (Phi) is 2.10. The number of imidazole rings is 1. The highest BCUT2D eigenvalue weighted by atomic mass is 16.3. The quantitative estimate of drug-likeness (QED) is 0.642. The lowest BCUT2D eigenvalue weighted by Gasteiger charge is -1.94. The summed E-state index contributed by atoms with van der Waals surface area (Å²) >= 11 is 0. The summed E-state index contributed by atoms with van der Waals surface area (Å²) < 4.78 is 0. The smallest absolute Gasteiger partial charge is 0.345 e. The summed E-state index contributed by atoms with van der Waals surface area (Å²) in [5.74, 6) is -0.328. The van der Waals surface area contributed by atoms with Gasteiger partial charge in [-0.1, -0.05) is 0 Å². The van der Waals surface area contributed by atoms with Gasteiger partial charge in [-0.2, -0.15) is 4.98 Å². The van der Waals surface area contributed by atoms with Gasteiger partial charge >= 0.3 is 6.01 Å². The first-order valence-electron chi connectivity index (χ1n) is 3.24. The fourth-order valence-electron chi connectivity index (χ4n) is 0.671. The number of nitrogens with one attached hydrogen (secondary N) is 2. The van der Waals surface area contributed by atoms with Gasteiger partial charge in [0, 0.05) is 12.7 Å². The molecule has 5 heteroatoms. The molecule has 0 aromatic carbocycles. The van der Waals surface area contributed by atoms with Gasteiger partial charge in [0.05, 0.1) is 0 Å². The molecule has 0 saturated carbocycles. The van der Waals surface area contributed by atoms with Gasteiger partial charge < -0.3 is 10.3 Å². The van der Waals surface area contributed by atoms with Crippen molar-refractivity contribution in [1.29, 1.82) is 0 Å². The van der Waals surface area contributed by atoms with Crippen molar-refractivity contribution < 1.29 is 9.90 Å². The molecule has 2 N–H and O–H groups in total. The fourth-order valence-corrected chi connectivity index (χ4v) is 0.671. The first kappa shape index (κ1) is 7.59. The lowest BCUT2D eigenvalue weighted by molar-refractivity contribution is 0.0950. The molecule has 5 nitrogen and oxygen atoms in total. The zero-order chi connectivity index (χ0) is 8.27. The average Bonchev–Trinajstić information content (AvgIpc) is 2.36. The van der Waals surface area contributed by atoms with E-state index in [0.717, 1.165) is 0 Å². The van der Waals surface area contributed by atoms with Crippen molar-refractivity contribution in [2.24, 2.45) is 0 Å². The van der Waals surface area contributed by atoms with E-state index in [4.69, 9.17) is 0 Å². The number of H-pyrrole nitrogens is 1. The second-order valence-electron chi connectivity index (χ2n) is 1.95. The highest BCUT2D eigenvalue weighted by molar-refractivity contribution is 5.92. The number of carbonyl (C=O) groups excluding carboxylic acids is 1. The molecule has 1 radical (unpaired) electrons. The minimum atomic E-state index is -0.494. The van der Waals surface area contributed by atoms with Crippen LogP contribution < -0.4 is 5.32 Å². The topological polar surface area (TPSA) is 77.7 Å². The molecule has 0 saturated heterocycles. The van der Waals surface area contributed by atoms with E-state index < -0.39 is 6.01 Å². The Labute approximate surface area is 63.5 Å². The number of nitrogens with zero attached hydrogens (tertiary/aromatic N) is 1. The van der Waals surface area contributed by atoms with Gasteiger partial charge in [0.1, 0.15) is 5.69 Å². The van der Waals surface area contributed by atoms with E-state index in [9.17, 15) is 9.90 Å². The number of hydrogen-bond donors (Lipinski definition) is 2. The third-order valence-corrected chi connectivity index (χ3v) is 1.12. The van der Waals surface area contributed by atoms with Gasteiger partial charge in [-0.05, 0) is 6.92 Å². The lowest BCUT2D eigenvalue weighted by Crippen LogP contribution is -2.22. The van der Waals surface area contributed by atoms with Gasteiger partial charge in [-0.15, -0.1) is 0 Å². The van der Waals surface area contributed by atoms with Crippen molar-refractivity contribution >= 4 is 5.91 Å². The molecule has 1 amide bonds. The summed E-state index contributed by atoms with van der Waals surface area (Å²) in [6.45, 7) is 2.32. The van der Waals surface area contributed by atoms with Crippen molar-refractivity contribution in [2.75, 3.05) is 6.54 Å².